The second kappa shape index (κ2) is 6.88. The molecule has 132 valence electrons. The molecule has 7 nitrogen and oxygen atoms in total. The fourth-order valence-electron chi connectivity index (χ4n) is 2.86. The van der Waals surface area contributed by atoms with Gasteiger partial charge in [0.15, 0.2) is 11.5 Å². The molecule has 0 spiro atoms. The van der Waals surface area contributed by atoms with Gasteiger partial charge in [0.1, 0.15) is 11.9 Å². The SMILES string of the molecule is CCC1C=Cc2c(Cc3cnc(N)nc3N)cc(OC)c(OC)c2O1. The zero-order valence-corrected chi connectivity index (χ0v) is 14.6. The number of fused-ring (bicyclic) bond motifs is 1. The van der Waals surface area contributed by atoms with Crippen LogP contribution in [0.25, 0.3) is 6.08 Å². The quantitative estimate of drug-likeness (QED) is 0.859. The van der Waals surface area contributed by atoms with E-state index in [1.807, 2.05) is 12.1 Å². The number of anilines is 2. The maximum Gasteiger partial charge on any atom is 0.221 e. The Bertz CT molecular complexity index is 820. The van der Waals surface area contributed by atoms with Crippen molar-refractivity contribution in [3.05, 3.63) is 35.0 Å². The van der Waals surface area contributed by atoms with E-state index in [2.05, 4.69) is 23.0 Å². The molecule has 1 aromatic heterocycles. The van der Waals surface area contributed by atoms with Crippen molar-refractivity contribution in [1.29, 1.82) is 0 Å². The summed E-state index contributed by atoms with van der Waals surface area (Å²) in [6, 6.07) is 1.92. The van der Waals surface area contributed by atoms with Gasteiger partial charge in [-0.05, 0) is 24.1 Å². The number of rotatable bonds is 5. The van der Waals surface area contributed by atoms with Crippen molar-refractivity contribution in [3.63, 3.8) is 0 Å². The Morgan fingerprint density at radius 1 is 1.20 bits per heavy atom. The number of methoxy groups -OCH3 is 2. The van der Waals surface area contributed by atoms with Crippen LogP contribution in [-0.2, 0) is 6.42 Å². The van der Waals surface area contributed by atoms with E-state index >= 15 is 0 Å². The molecule has 0 aliphatic carbocycles. The second-order valence-electron chi connectivity index (χ2n) is 5.75. The molecule has 0 saturated carbocycles. The summed E-state index contributed by atoms with van der Waals surface area (Å²) in [4.78, 5) is 8.05. The Morgan fingerprint density at radius 3 is 2.64 bits per heavy atom. The molecule has 1 aliphatic rings. The maximum atomic E-state index is 6.10. The molecule has 0 amide bonds. The molecule has 1 aliphatic heterocycles. The van der Waals surface area contributed by atoms with Gasteiger partial charge in [0.25, 0.3) is 0 Å². The molecule has 0 radical (unpaired) electrons. The average molecular weight is 342 g/mol. The third-order valence-electron chi connectivity index (χ3n) is 4.20. The first-order valence-corrected chi connectivity index (χ1v) is 8.06. The zero-order valence-electron chi connectivity index (χ0n) is 14.6. The fourth-order valence-corrected chi connectivity index (χ4v) is 2.86. The smallest absolute Gasteiger partial charge is 0.221 e. The number of hydrogen-bond acceptors (Lipinski definition) is 7. The Labute approximate surface area is 146 Å². The second-order valence-corrected chi connectivity index (χ2v) is 5.75. The third-order valence-corrected chi connectivity index (χ3v) is 4.20. The highest BCUT2D eigenvalue weighted by Gasteiger charge is 2.25. The van der Waals surface area contributed by atoms with Crippen LogP contribution < -0.4 is 25.7 Å². The maximum absolute atomic E-state index is 6.10. The van der Waals surface area contributed by atoms with Crippen molar-refractivity contribution in [3.8, 4) is 17.2 Å². The van der Waals surface area contributed by atoms with Crippen LogP contribution in [0.3, 0.4) is 0 Å². The van der Waals surface area contributed by atoms with Crippen LogP contribution in [0, 0.1) is 0 Å². The van der Waals surface area contributed by atoms with Gasteiger partial charge in [0.2, 0.25) is 11.7 Å². The highest BCUT2D eigenvalue weighted by atomic mass is 16.5. The monoisotopic (exact) mass is 342 g/mol. The highest BCUT2D eigenvalue weighted by Crippen LogP contribution is 2.45. The van der Waals surface area contributed by atoms with Crippen LogP contribution in [0.2, 0.25) is 0 Å². The van der Waals surface area contributed by atoms with Gasteiger partial charge in [-0.2, -0.15) is 4.98 Å². The summed E-state index contributed by atoms with van der Waals surface area (Å²) in [7, 11) is 3.21. The first-order chi connectivity index (χ1) is 12.1. The van der Waals surface area contributed by atoms with Gasteiger partial charge < -0.3 is 25.7 Å². The highest BCUT2D eigenvalue weighted by molar-refractivity contribution is 5.72. The molecule has 1 atom stereocenters. The Kier molecular flexibility index (Phi) is 4.65. The normalized spacial score (nSPS) is 15.4. The molecule has 1 aromatic carbocycles. The van der Waals surface area contributed by atoms with E-state index in [4.69, 9.17) is 25.7 Å². The van der Waals surface area contributed by atoms with Crippen molar-refractivity contribution < 1.29 is 14.2 Å². The van der Waals surface area contributed by atoms with Gasteiger partial charge in [-0.15, -0.1) is 0 Å². The van der Waals surface area contributed by atoms with E-state index < -0.39 is 0 Å². The van der Waals surface area contributed by atoms with Crippen molar-refractivity contribution in [1.82, 2.24) is 9.97 Å². The van der Waals surface area contributed by atoms with Gasteiger partial charge in [0, 0.05) is 23.7 Å². The van der Waals surface area contributed by atoms with Crippen molar-refractivity contribution in [2.24, 2.45) is 0 Å². The molecule has 4 N–H and O–H groups in total. The van der Waals surface area contributed by atoms with E-state index in [1.54, 1.807) is 20.4 Å². The minimum Gasteiger partial charge on any atom is -0.493 e. The number of nitrogens with two attached hydrogens (primary N) is 2. The Balaban J connectivity index is 2.10. The summed E-state index contributed by atoms with van der Waals surface area (Å²) < 4.78 is 17.1. The molecule has 3 rings (SSSR count). The number of aromatic nitrogens is 2. The van der Waals surface area contributed by atoms with Gasteiger partial charge in [-0.1, -0.05) is 13.0 Å². The lowest BCUT2D eigenvalue weighted by Crippen LogP contribution is -2.17. The Hall–Kier alpha value is -2.96. The number of ether oxygens (including phenoxy) is 3. The van der Waals surface area contributed by atoms with Crippen molar-refractivity contribution in [2.75, 3.05) is 25.7 Å². The predicted octanol–water partition coefficient (Wildman–Crippen LogP) is 2.43. The minimum absolute atomic E-state index is 0.00582. The van der Waals surface area contributed by atoms with Crippen LogP contribution in [0.1, 0.15) is 30.0 Å². The predicted molar refractivity (Wildman–Crippen MR) is 96.9 cm³/mol. The van der Waals surface area contributed by atoms with Crippen LogP contribution >= 0.6 is 0 Å². The van der Waals surface area contributed by atoms with Crippen molar-refractivity contribution in [2.45, 2.75) is 25.9 Å². The van der Waals surface area contributed by atoms with E-state index in [1.165, 1.54) is 0 Å². The number of hydrogen-bond donors (Lipinski definition) is 2. The van der Waals surface area contributed by atoms with Crippen LogP contribution in [0.4, 0.5) is 11.8 Å². The lowest BCUT2D eigenvalue weighted by Gasteiger charge is -2.25. The molecule has 2 heterocycles. The molecular weight excluding hydrogens is 320 g/mol. The summed E-state index contributed by atoms with van der Waals surface area (Å²) in [5.74, 6) is 2.40. The van der Waals surface area contributed by atoms with Crippen LogP contribution in [0.15, 0.2) is 18.3 Å². The number of benzene rings is 1. The van der Waals surface area contributed by atoms with Crippen LogP contribution in [-0.4, -0.2) is 30.3 Å². The largest absolute Gasteiger partial charge is 0.493 e. The van der Waals surface area contributed by atoms with Gasteiger partial charge in [0.05, 0.1) is 14.2 Å². The summed E-state index contributed by atoms with van der Waals surface area (Å²) in [6.07, 6.45) is 7.14. The van der Waals surface area contributed by atoms with E-state index in [0.717, 1.165) is 23.1 Å². The van der Waals surface area contributed by atoms with E-state index in [9.17, 15) is 0 Å². The van der Waals surface area contributed by atoms with E-state index in [0.29, 0.717) is 29.5 Å². The third kappa shape index (κ3) is 3.17. The number of nitrogens with zero attached hydrogens (tertiary/aromatic N) is 2. The zero-order chi connectivity index (χ0) is 18.0. The van der Waals surface area contributed by atoms with Crippen molar-refractivity contribution >= 4 is 17.8 Å². The van der Waals surface area contributed by atoms with Gasteiger partial charge in [-0.3, -0.25) is 0 Å². The van der Waals surface area contributed by atoms with Gasteiger partial charge in [-0.25, -0.2) is 4.98 Å². The summed E-state index contributed by atoms with van der Waals surface area (Å²) in [6.45, 7) is 2.07. The topological polar surface area (TPSA) is 106 Å². The number of nitrogen functional groups attached to an aromatic ring is 2. The fraction of sp³-hybridized carbons (Fsp3) is 0.333. The summed E-state index contributed by atoms with van der Waals surface area (Å²) >= 11 is 0. The molecule has 25 heavy (non-hydrogen) atoms. The average Bonchev–Trinajstić information content (AvgIpc) is 2.62. The summed E-state index contributed by atoms with van der Waals surface area (Å²) in [5.41, 5.74) is 14.3. The molecule has 0 bridgehead atoms. The standard InChI is InChI=1S/C18H22N4O3/c1-4-12-5-6-13-10(7-11-9-21-18(20)22-17(11)19)8-14(23-2)16(24-3)15(13)25-12/h5-6,8-9,12H,4,7H2,1-3H3,(H4,19,20,21,22). The molecular formula is C18H22N4O3. The molecule has 2 aromatic rings. The summed E-state index contributed by atoms with van der Waals surface area (Å²) in [5, 5.41) is 0. The van der Waals surface area contributed by atoms with Crippen LogP contribution in [0.5, 0.6) is 17.2 Å². The molecule has 0 saturated heterocycles. The lowest BCUT2D eigenvalue weighted by atomic mass is 9.96. The first kappa shape index (κ1) is 16.9. The first-order valence-electron chi connectivity index (χ1n) is 8.06. The van der Waals surface area contributed by atoms with Gasteiger partial charge >= 0.3 is 0 Å². The minimum atomic E-state index is 0.00582. The molecule has 1 unspecified atom stereocenters. The molecule has 7 heteroatoms. The lowest BCUT2D eigenvalue weighted by molar-refractivity contribution is 0.225. The Morgan fingerprint density at radius 2 is 2.00 bits per heavy atom. The van der Waals surface area contributed by atoms with E-state index in [-0.39, 0.29) is 12.1 Å². The molecule has 0 fully saturated rings.